The number of aromatic nitrogens is 2. The minimum Gasteiger partial charge on any atom is -0.496 e. The molecule has 0 unspecified atom stereocenters. The fraction of sp³-hybridized carbons (Fsp3) is 0.0714. The van der Waals surface area contributed by atoms with Crippen LogP contribution < -0.4 is 21.3 Å². The van der Waals surface area contributed by atoms with E-state index in [2.05, 4.69) is 10.3 Å². The molecule has 1 amide bonds. The number of amides is 1. The van der Waals surface area contributed by atoms with Crippen LogP contribution in [0, 0.1) is 0 Å². The third kappa shape index (κ3) is 3.86. The minimum atomic E-state index is -0.689. The number of carbonyl (C=O) groups is 1. The molecule has 1 aromatic carbocycles. The second-order valence-electron chi connectivity index (χ2n) is 4.19. The SMILES string of the molecule is COc1ccc(Cl)cc1/C=C/C(=O)Nc1c[nH]c(=O)[nH]c1=O. The summed E-state index contributed by atoms with van der Waals surface area (Å²) in [5.41, 5.74) is -0.791. The summed E-state index contributed by atoms with van der Waals surface area (Å²) in [6, 6.07) is 4.97. The van der Waals surface area contributed by atoms with E-state index < -0.39 is 17.2 Å². The van der Waals surface area contributed by atoms with Crippen LogP contribution in [0.25, 0.3) is 6.08 Å². The van der Waals surface area contributed by atoms with Crippen LogP contribution >= 0.6 is 11.6 Å². The molecule has 0 saturated carbocycles. The topological polar surface area (TPSA) is 104 Å². The smallest absolute Gasteiger partial charge is 0.325 e. The molecule has 0 aliphatic heterocycles. The molecule has 0 spiro atoms. The Balaban J connectivity index is 2.16. The summed E-state index contributed by atoms with van der Waals surface area (Å²) >= 11 is 5.89. The maximum atomic E-state index is 11.8. The van der Waals surface area contributed by atoms with Crippen molar-refractivity contribution >= 4 is 29.3 Å². The Bertz CT molecular complexity index is 838. The molecule has 0 saturated heterocycles. The summed E-state index contributed by atoms with van der Waals surface area (Å²) in [5, 5.41) is 2.84. The number of hydrogen-bond acceptors (Lipinski definition) is 4. The van der Waals surface area contributed by atoms with Gasteiger partial charge >= 0.3 is 5.69 Å². The predicted molar refractivity (Wildman–Crippen MR) is 83.4 cm³/mol. The van der Waals surface area contributed by atoms with Crippen molar-refractivity contribution in [2.45, 2.75) is 0 Å². The molecule has 0 fully saturated rings. The summed E-state index contributed by atoms with van der Waals surface area (Å²) in [4.78, 5) is 38.4. The Kier molecular flexibility index (Phi) is 4.80. The molecule has 8 heteroatoms. The molecule has 0 aliphatic carbocycles. The quantitative estimate of drug-likeness (QED) is 0.740. The van der Waals surface area contributed by atoms with E-state index in [0.717, 1.165) is 6.20 Å². The fourth-order valence-corrected chi connectivity index (χ4v) is 1.86. The Morgan fingerprint density at radius 2 is 2.14 bits per heavy atom. The summed E-state index contributed by atoms with van der Waals surface area (Å²) < 4.78 is 5.15. The van der Waals surface area contributed by atoms with E-state index >= 15 is 0 Å². The van der Waals surface area contributed by atoms with Gasteiger partial charge in [-0.3, -0.25) is 14.6 Å². The van der Waals surface area contributed by atoms with E-state index in [1.165, 1.54) is 19.3 Å². The lowest BCUT2D eigenvalue weighted by Crippen LogP contribution is -2.25. The van der Waals surface area contributed by atoms with E-state index in [9.17, 15) is 14.4 Å². The number of hydrogen-bond donors (Lipinski definition) is 3. The number of rotatable bonds is 4. The summed E-state index contributed by atoms with van der Waals surface area (Å²) in [6.07, 6.45) is 3.84. The van der Waals surface area contributed by atoms with Crippen molar-refractivity contribution in [3.05, 3.63) is 61.9 Å². The second-order valence-corrected chi connectivity index (χ2v) is 4.63. The Hall–Kier alpha value is -2.80. The lowest BCUT2D eigenvalue weighted by atomic mass is 10.2. The summed E-state index contributed by atoms with van der Waals surface area (Å²) in [5.74, 6) is 0.00918. The second kappa shape index (κ2) is 6.77. The van der Waals surface area contributed by atoms with Crippen molar-refractivity contribution in [3.63, 3.8) is 0 Å². The van der Waals surface area contributed by atoms with Gasteiger partial charge in [0.2, 0.25) is 5.91 Å². The van der Waals surface area contributed by atoms with Crippen molar-refractivity contribution in [1.29, 1.82) is 0 Å². The standard InChI is InChI=1S/C14H12ClN3O4/c1-22-11-4-3-9(15)6-8(11)2-5-12(19)17-10-7-16-14(21)18-13(10)20/h2-7H,1H3,(H,17,19)(H2,16,18,20,21)/b5-2+. The Labute approximate surface area is 129 Å². The number of H-pyrrole nitrogens is 2. The molecule has 0 atom stereocenters. The van der Waals surface area contributed by atoms with Crippen LogP contribution in [-0.4, -0.2) is 23.0 Å². The zero-order valence-electron chi connectivity index (χ0n) is 11.5. The van der Waals surface area contributed by atoms with E-state index in [4.69, 9.17) is 16.3 Å². The molecule has 0 bridgehead atoms. The number of nitrogens with one attached hydrogen (secondary N) is 3. The molecule has 114 valence electrons. The minimum absolute atomic E-state index is 0.0627. The van der Waals surface area contributed by atoms with Gasteiger partial charge in [-0.15, -0.1) is 0 Å². The molecule has 22 heavy (non-hydrogen) atoms. The molecule has 1 aromatic heterocycles. The van der Waals surface area contributed by atoms with Crippen LogP contribution in [0.1, 0.15) is 5.56 Å². The highest BCUT2D eigenvalue weighted by atomic mass is 35.5. The number of halogens is 1. The largest absolute Gasteiger partial charge is 0.496 e. The highest BCUT2D eigenvalue weighted by Gasteiger charge is 2.05. The first-order chi connectivity index (χ1) is 10.5. The van der Waals surface area contributed by atoms with Gasteiger partial charge in [0.25, 0.3) is 5.56 Å². The molecular weight excluding hydrogens is 310 g/mol. The molecule has 0 radical (unpaired) electrons. The number of aromatic amines is 2. The van der Waals surface area contributed by atoms with Crippen molar-refractivity contribution in [1.82, 2.24) is 9.97 Å². The summed E-state index contributed by atoms with van der Waals surface area (Å²) in [6.45, 7) is 0. The van der Waals surface area contributed by atoms with Crippen molar-refractivity contribution in [2.75, 3.05) is 12.4 Å². The van der Waals surface area contributed by atoms with Crippen LogP contribution in [0.15, 0.2) is 40.1 Å². The van der Waals surface area contributed by atoms with Gasteiger partial charge < -0.3 is 15.0 Å². The molecular formula is C14H12ClN3O4. The maximum Gasteiger partial charge on any atom is 0.325 e. The first-order valence-electron chi connectivity index (χ1n) is 6.14. The average Bonchev–Trinajstić information content (AvgIpc) is 2.48. The van der Waals surface area contributed by atoms with E-state index in [1.54, 1.807) is 18.2 Å². The van der Waals surface area contributed by atoms with Crippen molar-refractivity contribution in [2.24, 2.45) is 0 Å². The van der Waals surface area contributed by atoms with Crippen LogP contribution in [0.3, 0.4) is 0 Å². The Morgan fingerprint density at radius 1 is 1.36 bits per heavy atom. The zero-order valence-corrected chi connectivity index (χ0v) is 12.2. The lowest BCUT2D eigenvalue weighted by Gasteiger charge is -2.05. The van der Waals surface area contributed by atoms with Crippen LogP contribution in [0.2, 0.25) is 5.02 Å². The van der Waals surface area contributed by atoms with Gasteiger partial charge in [-0.2, -0.15) is 0 Å². The third-order valence-electron chi connectivity index (χ3n) is 2.68. The summed E-state index contributed by atoms with van der Waals surface area (Å²) in [7, 11) is 1.50. The highest BCUT2D eigenvalue weighted by Crippen LogP contribution is 2.23. The van der Waals surface area contributed by atoms with Gasteiger partial charge in [0.05, 0.1) is 7.11 Å². The zero-order chi connectivity index (χ0) is 16.1. The lowest BCUT2D eigenvalue weighted by molar-refractivity contribution is -0.111. The van der Waals surface area contributed by atoms with E-state index in [0.29, 0.717) is 16.3 Å². The highest BCUT2D eigenvalue weighted by molar-refractivity contribution is 6.30. The Morgan fingerprint density at radius 3 is 2.82 bits per heavy atom. The van der Waals surface area contributed by atoms with Gasteiger partial charge in [0, 0.05) is 22.9 Å². The van der Waals surface area contributed by atoms with Crippen LogP contribution in [-0.2, 0) is 4.79 Å². The van der Waals surface area contributed by atoms with Gasteiger partial charge in [0.1, 0.15) is 11.4 Å². The van der Waals surface area contributed by atoms with Crippen LogP contribution in [0.5, 0.6) is 5.75 Å². The molecule has 1 heterocycles. The van der Waals surface area contributed by atoms with Crippen molar-refractivity contribution < 1.29 is 9.53 Å². The van der Waals surface area contributed by atoms with E-state index in [-0.39, 0.29) is 5.69 Å². The predicted octanol–water partition coefficient (Wildman–Crippen LogP) is 1.38. The first-order valence-corrected chi connectivity index (χ1v) is 6.52. The molecule has 3 N–H and O–H groups in total. The maximum absolute atomic E-state index is 11.8. The van der Waals surface area contributed by atoms with Gasteiger partial charge in [-0.05, 0) is 24.3 Å². The molecule has 7 nitrogen and oxygen atoms in total. The normalized spacial score (nSPS) is 10.6. The number of ether oxygens (including phenoxy) is 1. The molecule has 2 rings (SSSR count). The molecule has 0 aliphatic rings. The fourth-order valence-electron chi connectivity index (χ4n) is 1.68. The van der Waals surface area contributed by atoms with Crippen LogP contribution in [0.4, 0.5) is 5.69 Å². The third-order valence-corrected chi connectivity index (χ3v) is 2.92. The van der Waals surface area contributed by atoms with Crippen molar-refractivity contribution in [3.8, 4) is 5.75 Å². The average molecular weight is 322 g/mol. The monoisotopic (exact) mass is 321 g/mol. The number of methoxy groups -OCH3 is 1. The van der Waals surface area contributed by atoms with Gasteiger partial charge in [0.15, 0.2) is 0 Å². The van der Waals surface area contributed by atoms with Gasteiger partial charge in [-0.1, -0.05) is 11.6 Å². The number of carbonyl (C=O) groups excluding carboxylic acids is 1. The van der Waals surface area contributed by atoms with E-state index in [1.807, 2.05) is 4.98 Å². The van der Waals surface area contributed by atoms with Gasteiger partial charge in [-0.25, -0.2) is 4.79 Å². The molecule has 2 aromatic rings. The number of anilines is 1. The first kappa shape index (κ1) is 15.6. The number of benzene rings is 1.